The molecule has 0 heterocycles. The highest BCUT2D eigenvalue weighted by atomic mass is 35.5. The molecule has 0 fully saturated rings. The van der Waals surface area contributed by atoms with Gasteiger partial charge in [0.05, 0.1) is 0 Å². The predicted molar refractivity (Wildman–Crippen MR) is 78.5 cm³/mol. The van der Waals surface area contributed by atoms with E-state index in [1.165, 1.54) is 0 Å². The van der Waals surface area contributed by atoms with E-state index in [-0.39, 0.29) is 23.9 Å². The Morgan fingerprint density at radius 3 is 2.22 bits per heavy atom. The molecule has 102 valence electrons. The topological polar surface area (TPSA) is 55.1 Å². The van der Waals surface area contributed by atoms with Crippen LogP contribution in [0.1, 0.15) is 37.0 Å². The Balaban J connectivity index is 0.00000289. The van der Waals surface area contributed by atoms with Gasteiger partial charge >= 0.3 is 0 Å². The van der Waals surface area contributed by atoms with Crippen LogP contribution < -0.4 is 11.1 Å². The maximum atomic E-state index is 11.8. The number of nitrogens with one attached hydrogen (secondary N) is 1. The van der Waals surface area contributed by atoms with E-state index in [0.29, 0.717) is 17.1 Å². The van der Waals surface area contributed by atoms with E-state index in [9.17, 15) is 4.79 Å². The van der Waals surface area contributed by atoms with Gasteiger partial charge in [0.2, 0.25) is 0 Å². The Morgan fingerprint density at radius 2 is 1.78 bits per heavy atom. The van der Waals surface area contributed by atoms with Crippen LogP contribution in [-0.4, -0.2) is 18.0 Å². The molecular formula is C13H20Cl2N2O. The minimum Gasteiger partial charge on any atom is -0.350 e. The third-order valence-electron chi connectivity index (χ3n) is 3.12. The third kappa shape index (κ3) is 4.84. The van der Waals surface area contributed by atoms with Gasteiger partial charge in [-0.3, -0.25) is 4.79 Å². The van der Waals surface area contributed by atoms with E-state index in [0.717, 1.165) is 12.8 Å². The van der Waals surface area contributed by atoms with Gasteiger partial charge in [-0.05, 0) is 37.1 Å². The summed E-state index contributed by atoms with van der Waals surface area (Å²) in [5.74, 6) is -0.113. The number of hydrogen-bond donors (Lipinski definition) is 2. The van der Waals surface area contributed by atoms with Crippen molar-refractivity contribution in [3.8, 4) is 0 Å². The van der Waals surface area contributed by atoms with Gasteiger partial charge in [-0.25, -0.2) is 0 Å². The average molecular weight is 291 g/mol. The lowest BCUT2D eigenvalue weighted by molar-refractivity contribution is 0.0942. The summed E-state index contributed by atoms with van der Waals surface area (Å²) in [6.07, 6.45) is 1.68. The summed E-state index contributed by atoms with van der Waals surface area (Å²) in [5.41, 5.74) is 6.39. The van der Waals surface area contributed by atoms with Gasteiger partial charge in [-0.15, -0.1) is 12.4 Å². The lowest BCUT2D eigenvalue weighted by Gasteiger charge is -2.26. The zero-order valence-corrected chi connectivity index (χ0v) is 12.3. The largest absolute Gasteiger partial charge is 0.350 e. The first-order valence-corrected chi connectivity index (χ1v) is 6.21. The van der Waals surface area contributed by atoms with Crippen LogP contribution in [0.4, 0.5) is 0 Å². The molecule has 1 rings (SSSR count). The fourth-order valence-corrected chi connectivity index (χ4v) is 1.59. The summed E-state index contributed by atoms with van der Waals surface area (Å²) >= 11 is 5.76. The zero-order chi connectivity index (χ0) is 12.9. The maximum Gasteiger partial charge on any atom is 0.251 e. The first-order valence-electron chi connectivity index (χ1n) is 5.83. The van der Waals surface area contributed by atoms with Crippen LogP contribution in [-0.2, 0) is 0 Å². The molecule has 0 spiro atoms. The third-order valence-corrected chi connectivity index (χ3v) is 3.37. The molecule has 18 heavy (non-hydrogen) atoms. The van der Waals surface area contributed by atoms with Gasteiger partial charge in [0.15, 0.2) is 0 Å². The summed E-state index contributed by atoms with van der Waals surface area (Å²) in [5, 5.41) is 3.48. The van der Waals surface area contributed by atoms with Crippen molar-refractivity contribution in [1.82, 2.24) is 5.32 Å². The molecule has 0 saturated carbocycles. The van der Waals surface area contributed by atoms with Gasteiger partial charge in [0, 0.05) is 22.7 Å². The molecule has 3 nitrogen and oxygen atoms in total. The summed E-state index contributed by atoms with van der Waals surface area (Å²) in [4.78, 5) is 11.8. The van der Waals surface area contributed by atoms with Gasteiger partial charge < -0.3 is 11.1 Å². The molecular weight excluding hydrogens is 271 g/mol. The summed E-state index contributed by atoms with van der Waals surface area (Å²) in [6.45, 7) is 4.54. The van der Waals surface area contributed by atoms with Crippen LogP contribution in [0.15, 0.2) is 24.3 Å². The maximum absolute atomic E-state index is 11.8. The summed E-state index contributed by atoms with van der Waals surface area (Å²) in [6, 6.07) is 6.80. The normalized spacial score (nSPS) is 10.7. The second kappa shape index (κ2) is 7.62. The van der Waals surface area contributed by atoms with Crippen LogP contribution in [0.3, 0.4) is 0 Å². The lowest BCUT2D eigenvalue weighted by Crippen LogP contribution is -2.49. The van der Waals surface area contributed by atoms with Crippen molar-refractivity contribution >= 4 is 29.9 Å². The molecule has 0 saturated heterocycles. The number of carbonyl (C=O) groups is 1. The Morgan fingerprint density at radius 1 is 1.28 bits per heavy atom. The number of rotatable bonds is 5. The molecule has 1 amide bonds. The van der Waals surface area contributed by atoms with E-state index in [2.05, 4.69) is 5.32 Å². The van der Waals surface area contributed by atoms with Crippen molar-refractivity contribution in [2.75, 3.05) is 6.54 Å². The van der Waals surface area contributed by atoms with Crippen molar-refractivity contribution in [3.63, 3.8) is 0 Å². The van der Waals surface area contributed by atoms with Crippen molar-refractivity contribution in [1.29, 1.82) is 0 Å². The quantitative estimate of drug-likeness (QED) is 0.876. The molecule has 0 radical (unpaired) electrons. The number of nitrogens with two attached hydrogens (primary N) is 1. The molecule has 0 aliphatic carbocycles. The second-order valence-corrected chi connectivity index (χ2v) is 4.70. The van der Waals surface area contributed by atoms with Gasteiger partial charge in [-0.1, -0.05) is 25.4 Å². The number of carbonyl (C=O) groups excluding carboxylic acids is 1. The second-order valence-electron chi connectivity index (χ2n) is 4.26. The van der Waals surface area contributed by atoms with E-state index >= 15 is 0 Å². The van der Waals surface area contributed by atoms with Crippen molar-refractivity contribution in [3.05, 3.63) is 34.9 Å². The molecule has 3 N–H and O–H groups in total. The molecule has 0 atom stereocenters. The highest BCUT2D eigenvalue weighted by Crippen LogP contribution is 2.11. The molecule has 1 aromatic rings. The van der Waals surface area contributed by atoms with Crippen LogP contribution in [0.5, 0.6) is 0 Å². The summed E-state index contributed by atoms with van der Waals surface area (Å²) < 4.78 is 0. The Hall–Kier alpha value is -0.770. The fourth-order valence-electron chi connectivity index (χ4n) is 1.46. The monoisotopic (exact) mass is 290 g/mol. The van der Waals surface area contributed by atoms with E-state index in [1.54, 1.807) is 24.3 Å². The van der Waals surface area contributed by atoms with Gasteiger partial charge in [-0.2, -0.15) is 0 Å². The van der Waals surface area contributed by atoms with Crippen molar-refractivity contribution in [2.45, 2.75) is 32.2 Å². The standard InChI is InChI=1S/C13H19ClN2O.ClH/c1-3-13(15,4-2)9-16-12(17)10-5-7-11(14)8-6-10;/h5-8H,3-4,9,15H2,1-2H3,(H,16,17);1H. The van der Waals surface area contributed by atoms with Gasteiger partial charge in [0.1, 0.15) is 0 Å². The number of benzene rings is 1. The van der Waals surface area contributed by atoms with Crippen LogP contribution in [0, 0.1) is 0 Å². The molecule has 0 aromatic heterocycles. The number of hydrogen-bond acceptors (Lipinski definition) is 2. The first kappa shape index (κ1) is 17.2. The van der Waals surface area contributed by atoms with E-state index in [1.807, 2.05) is 13.8 Å². The minimum absolute atomic E-state index is 0. The summed E-state index contributed by atoms with van der Waals surface area (Å²) in [7, 11) is 0. The molecule has 5 heteroatoms. The van der Waals surface area contributed by atoms with Crippen molar-refractivity contribution in [2.24, 2.45) is 5.73 Å². The Labute approximate surface area is 119 Å². The number of halogens is 2. The average Bonchev–Trinajstić information content (AvgIpc) is 2.36. The molecule has 0 bridgehead atoms. The van der Waals surface area contributed by atoms with Crippen LogP contribution >= 0.6 is 24.0 Å². The smallest absolute Gasteiger partial charge is 0.251 e. The number of amides is 1. The zero-order valence-electron chi connectivity index (χ0n) is 10.7. The fraction of sp³-hybridized carbons (Fsp3) is 0.462. The molecule has 0 unspecified atom stereocenters. The molecule has 0 aliphatic rings. The Bertz CT molecular complexity index is 375. The Kier molecular flexibility index (Phi) is 7.29. The molecule has 1 aromatic carbocycles. The van der Waals surface area contributed by atoms with E-state index in [4.69, 9.17) is 17.3 Å². The highest BCUT2D eigenvalue weighted by molar-refractivity contribution is 6.30. The molecule has 0 aliphatic heterocycles. The van der Waals surface area contributed by atoms with Crippen LogP contribution in [0.2, 0.25) is 5.02 Å². The van der Waals surface area contributed by atoms with Gasteiger partial charge in [0.25, 0.3) is 5.91 Å². The highest BCUT2D eigenvalue weighted by Gasteiger charge is 2.21. The van der Waals surface area contributed by atoms with E-state index < -0.39 is 0 Å². The minimum atomic E-state index is -0.317. The SMILES string of the molecule is CCC(N)(CC)CNC(=O)c1ccc(Cl)cc1.Cl. The van der Waals surface area contributed by atoms with Crippen molar-refractivity contribution < 1.29 is 4.79 Å². The first-order chi connectivity index (χ1) is 8.00. The predicted octanol–water partition coefficient (Wildman–Crippen LogP) is 3.01. The van der Waals surface area contributed by atoms with Crippen LogP contribution in [0.25, 0.3) is 0 Å². The lowest BCUT2D eigenvalue weighted by atomic mass is 9.94.